The molecule has 2 aromatic carbocycles. The van der Waals surface area contributed by atoms with Crippen LogP contribution in [0.1, 0.15) is 94.7 Å². The number of hydrogen-bond donors (Lipinski definition) is 2. The molecular formula is C33H48N4O4SSi. The van der Waals surface area contributed by atoms with Crippen LogP contribution in [0.25, 0.3) is 0 Å². The standard InChI is InChI=1S/C33H48N4O4SSi/c1-32(2,3)41-31(39)37-20-19-28(37)22-15-17-25(18-16-22)42(40,36-43(7,8)33(4,5)6)35-30(38)34-29-26-13-9-11-23(26)21-24-12-10-14-27(24)29/h15-18,21,28H,9-14,19-20H2,1-8H3,(H2,34,35,36,38,40). The van der Waals surface area contributed by atoms with Crippen molar-refractivity contribution < 1.29 is 18.5 Å². The smallest absolute Gasteiger partial charge is 0.410 e. The number of aryl methyl sites for hydroxylation is 2. The summed E-state index contributed by atoms with van der Waals surface area (Å²) in [6.07, 6.45) is 6.62. The predicted molar refractivity (Wildman–Crippen MR) is 175 cm³/mol. The number of carbonyl (C=O) groups is 2. The molecular weight excluding hydrogens is 577 g/mol. The Labute approximate surface area is 258 Å². The van der Waals surface area contributed by atoms with Gasteiger partial charge in [-0.3, -0.25) is 0 Å². The minimum absolute atomic E-state index is 0.101. The number of nitrogens with zero attached hydrogens (tertiary/aromatic N) is 2. The van der Waals surface area contributed by atoms with Gasteiger partial charge in [0.2, 0.25) is 0 Å². The van der Waals surface area contributed by atoms with Crippen molar-refractivity contribution in [1.82, 2.24) is 9.29 Å². The van der Waals surface area contributed by atoms with Gasteiger partial charge in [0.25, 0.3) is 0 Å². The van der Waals surface area contributed by atoms with Crippen molar-refractivity contribution in [3.8, 4) is 0 Å². The topological polar surface area (TPSA) is 100 Å². The Morgan fingerprint density at radius 3 is 2.02 bits per heavy atom. The van der Waals surface area contributed by atoms with Gasteiger partial charge in [0.15, 0.2) is 0 Å². The van der Waals surface area contributed by atoms with E-state index in [9.17, 15) is 13.8 Å². The maximum Gasteiger partial charge on any atom is 0.410 e. The lowest BCUT2D eigenvalue weighted by Gasteiger charge is -2.41. The molecule has 1 heterocycles. The van der Waals surface area contributed by atoms with Crippen LogP contribution in [0.4, 0.5) is 15.3 Å². The number of fused-ring (bicyclic) bond motifs is 2. The Morgan fingerprint density at radius 2 is 1.53 bits per heavy atom. The van der Waals surface area contributed by atoms with Gasteiger partial charge in [-0.2, -0.15) is 0 Å². The largest absolute Gasteiger partial charge is 0.444 e. The van der Waals surface area contributed by atoms with Gasteiger partial charge in [-0.1, -0.05) is 52.1 Å². The number of urea groups is 1. The Hall–Kier alpha value is -2.69. The van der Waals surface area contributed by atoms with Crippen LogP contribution in [-0.4, -0.2) is 41.6 Å². The molecule has 3 amide bonds. The predicted octanol–water partition coefficient (Wildman–Crippen LogP) is 7.91. The number of nitrogens with one attached hydrogen (secondary N) is 2. The number of hydrogen-bond acceptors (Lipinski definition) is 4. The van der Waals surface area contributed by atoms with Gasteiger partial charge in [0.1, 0.15) is 23.8 Å². The molecule has 0 radical (unpaired) electrons. The molecule has 10 heteroatoms. The Morgan fingerprint density at radius 1 is 0.953 bits per heavy atom. The molecule has 2 atom stereocenters. The maximum atomic E-state index is 14.8. The van der Waals surface area contributed by atoms with E-state index >= 15 is 0 Å². The molecule has 43 heavy (non-hydrogen) atoms. The third-order valence-corrected chi connectivity index (χ3v) is 17.6. The van der Waals surface area contributed by atoms with Crippen molar-refractivity contribution in [1.29, 1.82) is 0 Å². The van der Waals surface area contributed by atoms with Gasteiger partial charge in [0, 0.05) is 12.2 Å². The molecule has 1 fully saturated rings. The Bertz CT molecular complexity index is 1510. The lowest BCUT2D eigenvalue weighted by atomic mass is 9.95. The summed E-state index contributed by atoms with van der Waals surface area (Å²) in [5, 5.41) is 2.97. The van der Waals surface area contributed by atoms with Crippen LogP contribution in [0.5, 0.6) is 0 Å². The van der Waals surface area contributed by atoms with Crippen molar-refractivity contribution >= 4 is 36.0 Å². The molecule has 2 aromatic rings. The molecule has 2 N–H and O–H groups in total. The van der Waals surface area contributed by atoms with Crippen LogP contribution in [0.15, 0.2) is 39.6 Å². The van der Waals surface area contributed by atoms with Crippen LogP contribution in [-0.2, 0) is 40.3 Å². The van der Waals surface area contributed by atoms with E-state index in [1.54, 1.807) is 17.0 Å². The summed E-state index contributed by atoms with van der Waals surface area (Å²) in [6, 6.07) is 9.02. The average molecular weight is 625 g/mol. The third kappa shape index (κ3) is 6.56. The molecule has 0 aromatic heterocycles. The molecule has 2 unspecified atom stereocenters. The van der Waals surface area contributed by atoms with Crippen molar-refractivity contribution in [2.24, 2.45) is 4.36 Å². The lowest BCUT2D eigenvalue weighted by molar-refractivity contribution is -0.00576. The summed E-state index contributed by atoms with van der Waals surface area (Å²) in [5.74, 6) is 0. The second-order valence-corrected chi connectivity index (χ2v) is 22.1. The molecule has 234 valence electrons. The van der Waals surface area contributed by atoms with E-state index in [1.807, 2.05) is 32.9 Å². The highest BCUT2D eigenvalue weighted by molar-refractivity contribution is 7.93. The second-order valence-electron chi connectivity index (χ2n) is 14.8. The number of anilines is 1. The zero-order chi connectivity index (χ0) is 31.4. The Balaban J connectivity index is 1.47. The van der Waals surface area contributed by atoms with E-state index in [0.29, 0.717) is 11.4 Å². The monoisotopic (exact) mass is 624 g/mol. The molecule has 8 nitrogen and oxygen atoms in total. The van der Waals surface area contributed by atoms with Crippen molar-refractivity contribution in [2.45, 2.75) is 121 Å². The molecule has 1 saturated heterocycles. The van der Waals surface area contributed by atoms with Crippen molar-refractivity contribution in [3.63, 3.8) is 0 Å². The minimum Gasteiger partial charge on any atom is -0.444 e. The first-order valence-corrected chi connectivity index (χ1v) is 20.1. The average Bonchev–Trinajstić information content (AvgIpc) is 3.51. The SMILES string of the molecule is CC(C)(C)OC(=O)N1CCC1c1ccc(S(=O)(=NC(=O)Nc2c3c(cc4c2CCC4)CCC3)N[Si](C)(C)C(C)(C)C)cc1. The molecule has 2 aliphatic carbocycles. The van der Waals surface area contributed by atoms with Crippen molar-refractivity contribution in [2.75, 3.05) is 11.9 Å². The molecule has 0 spiro atoms. The van der Waals surface area contributed by atoms with Gasteiger partial charge in [-0.15, -0.1) is 4.36 Å². The van der Waals surface area contributed by atoms with Crippen LogP contribution in [0, 0.1) is 0 Å². The normalized spacial score (nSPS) is 19.6. The number of carbonyl (C=O) groups excluding carboxylic acids is 2. The van der Waals surface area contributed by atoms with Crippen molar-refractivity contribution in [3.05, 3.63) is 58.1 Å². The van der Waals surface area contributed by atoms with Gasteiger partial charge in [-0.25, -0.2) is 18.2 Å². The van der Waals surface area contributed by atoms with E-state index in [-0.39, 0.29) is 17.2 Å². The third-order valence-electron chi connectivity index (χ3n) is 9.42. The molecule has 5 rings (SSSR count). The van der Waals surface area contributed by atoms with Gasteiger partial charge >= 0.3 is 12.1 Å². The number of likely N-dealkylation sites (tertiary alicyclic amines) is 1. The summed E-state index contributed by atoms with van der Waals surface area (Å²) in [6.45, 7) is 16.9. The second kappa shape index (κ2) is 11.3. The molecule has 3 aliphatic rings. The molecule has 0 bridgehead atoms. The summed E-state index contributed by atoms with van der Waals surface area (Å²) < 4.78 is 28.3. The summed E-state index contributed by atoms with van der Waals surface area (Å²) in [5.41, 5.74) is 6.35. The molecule has 0 saturated carbocycles. The summed E-state index contributed by atoms with van der Waals surface area (Å²) >= 11 is 0. The quantitative estimate of drug-likeness (QED) is 0.330. The fraction of sp³-hybridized carbons (Fsp3) is 0.576. The fourth-order valence-corrected chi connectivity index (χ4v) is 11.5. The van der Waals surface area contributed by atoms with E-state index in [0.717, 1.165) is 56.2 Å². The summed E-state index contributed by atoms with van der Waals surface area (Å²) in [4.78, 5) is 28.5. The van der Waals surface area contributed by atoms with E-state index in [4.69, 9.17) is 4.74 Å². The minimum atomic E-state index is -3.32. The summed E-state index contributed by atoms with van der Waals surface area (Å²) in [7, 11) is -5.69. The number of rotatable bonds is 5. The zero-order valence-corrected chi connectivity index (χ0v) is 28.9. The van der Waals surface area contributed by atoms with Gasteiger partial charge in [0.05, 0.1) is 10.9 Å². The van der Waals surface area contributed by atoms with E-state index in [2.05, 4.69) is 54.0 Å². The van der Waals surface area contributed by atoms with Crippen LogP contribution < -0.4 is 9.70 Å². The van der Waals surface area contributed by atoms with Gasteiger partial charge in [-0.05, 0) is 111 Å². The van der Waals surface area contributed by atoms with Crippen LogP contribution >= 0.6 is 0 Å². The highest BCUT2D eigenvalue weighted by Gasteiger charge is 2.40. The number of benzene rings is 2. The maximum absolute atomic E-state index is 14.8. The molecule has 1 aliphatic heterocycles. The van der Waals surface area contributed by atoms with E-state index in [1.165, 1.54) is 22.3 Å². The van der Waals surface area contributed by atoms with Crippen LogP contribution in [0.3, 0.4) is 0 Å². The first kappa shape index (κ1) is 31.7. The first-order valence-electron chi connectivity index (χ1n) is 15.6. The fourth-order valence-electron chi connectivity index (χ4n) is 5.99. The Kier molecular flexibility index (Phi) is 8.37. The highest BCUT2D eigenvalue weighted by Crippen LogP contribution is 2.40. The van der Waals surface area contributed by atoms with Crippen LogP contribution in [0.2, 0.25) is 18.1 Å². The zero-order valence-electron chi connectivity index (χ0n) is 27.1. The van der Waals surface area contributed by atoms with E-state index < -0.39 is 29.8 Å². The van der Waals surface area contributed by atoms with Gasteiger partial charge < -0.3 is 15.0 Å². The lowest BCUT2D eigenvalue weighted by Crippen LogP contribution is -2.54. The highest BCUT2D eigenvalue weighted by atomic mass is 32.2. The first-order chi connectivity index (χ1) is 20.0. The number of amides is 3. The number of ether oxygens (including phenoxy) is 1.